The molecule has 4 nitrogen and oxygen atoms in total. The van der Waals surface area contributed by atoms with Crippen LogP contribution in [0.25, 0.3) is 0 Å². The molecule has 0 aromatic carbocycles. The minimum Gasteiger partial charge on any atom is -0.356 e. The van der Waals surface area contributed by atoms with Gasteiger partial charge in [-0.2, -0.15) is 4.98 Å². The molecule has 0 aliphatic heterocycles. The SMILES string of the molecule is CCCNc1ncc(Br)c(N(C)C2CCCC(C)C2)n1. The molecule has 5 heteroatoms. The van der Waals surface area contributed by atoms with Crippen molar-refractivity contribution < 1.29 is 0 Å². The maximum absolute atomic E-state index is 4.67. The van der Waals surface area contributed by atoms with Crippen molar-refractivity contribution in [3.8, 4) is 0 Å². The molecule has 0 amide bonds. The van der Waals surface area contributed by atoms with Crippen LogP contribution in [0.15, 0.2) is 10.7 Å². The summed E-state index contributed by atoms with van der Waals surface area (Å²) in [7, 11) is 2.15. The third-order valence-electron chi connectivity index (χ3n) is 4.05. The Hall–Kier alpha value is -0.840. The van der Waals surface area contributed by atoms with E-state index in [-0.39, 0.29) is 0 Å². The molecule has 1 aromatic heterocycles. The molecular weight excluding hydrogens is 316 g/mol. The summed E-state index contributed by atoms with van der Waals surface area (Å²) in [6.07, 6.45) is 8.12. The first-order valence-corrected chi connectivity index (χ1v) is 8.40. The summed E-state index contributed by atoms with van der Waals surface area (Å²) in [5, 5.41) is 3.26. The first kappa shape index (κ1) is 15.5. The number of nitrogens with one attached hydrogen (secondary N) is 1. The van der Waals surface area contributed by atoms with E-state index in [1.54, 1.807) is 0 Å². The largest absolute Gasteiger partial charge is 0.356 e. The van der Waals surface area contributed by atoms with Gasteiger partial charge in [0.25, 0.3) is 0 Å². The molecular formula is C15H25BrN4. The van der Waals surface area contributed by atoms with Crippen molar-refractivity contribution in [2.24, 2.45) is 5.92 Å². The summed E-state index contributed by atoms with van der Waals surface area (Å²) in [5.74, 6) is 2.54. The summed E-state index contributed by atoms with van der Waals surface area (Å²) in [6, 6.07) is 0.587. The molecule has 2 rings (SSSR count). The molecule has 1 aliphatic carbocycles. The highest BCUT2D eigenvalue weighted by molar-refractivity contribution is 9.10. The maximum Gasteiger partial charge on any atom is 0.224 e. The molecule has 0 radical (unpaired) electrons. The zero-order valence-electron chi connectivity index (χ0n) is 12.7. The van der Waals surface area contributed by atoms with Gasteiger partial charge in [-0.05, 0) is 41.1 Å². The normalized spacial score (nSPS) is 22.6. The third-order valence-corrected chi connectivity index (χ3v) is 4.61. The second kappa shape index (κ2) is 7.25. The number of anilines is 2. The van der Waals surface area contributed by atoms with Crippen LogP contribution in [0.3, 0.4) is 0 Å². The zero-order valence-corrected chi connectivity index (χ0v) is 14.3. The summed E-state index contributed by atoms with van der Waals surface area (Å²) in [4.78, 5) is 11.3. The van der Waals surface area contributed by atoms with E-state index in [1.807, 2.05) is 6.20 Å². The monoisotopic (exact) mass is 340 g/mol. The Bertz CT molecular complexity index is 438. The van der Waals surface area contributed by atoms with E-state index in [4.69, 9.17) is 0 Å². The Morgan fingerprint density at radius 2 is 2.25 bits per heavy atom. The van der Waals surface area contributed by atoms with Crippen LogP contribution >= 0.6 is 15.9 Å². The van der Waals surface area contributed by atoms with Gasteiger partial charge in [0.15, 0.2) is 0 Å². The summed E-state index contributed by atoms with van der Waals surface area (Å²) in [5.41, 5.74) is 0. The topological polar surface area (TPSA) is 41.1 Å². The minimum absolute atomic E-state index is 0.587. The van der Waals surface area contributed by atoms with Crippen LogP contribution in [-0.4, -0.2) is 29.6 Å². The number of rotatable bonds is 5. The summed E-state index contributed by atoms with van der Waals surface area (Å²) < 4.78 is 0.972. The van der Waals surface area contributed by atoms with Crippen LogP contribution < -0.4 is 10.2 Å². The first-order valence-electron chi connectivity index (χ1n) is 7.61. The fraction of sp³-hybridized carbons (Fsp3) is 0.733. The van der Waals surface area contributed by atoms with Crippen molar-refractivity contribution in [2.75, 3.05) is 23.8 Å². The van der Waals surface area contributed by atoms with E-state index in [1.165, 1.54) is 25.7 Å². The van der Waals surface area contributed by atoms with Crippen molar-refractivity contribution in [3.63, 3.8) is 0 Å². The molecule has 2 atom stereocenters. The molecule has 1 heterocycles. The Morgan fingerprint density at radius 3 is 2.95 bits per heavy atom. The van der Waals surface area contributed by atoms with Gasteiger partial charge in [-0.15, -0.1) is 0 Å². The number of aromatic nitrogens is 2. The van der Waals surface area contributed by atoms with Crippen LogP contribution in [0.2, 0.25) is 0 Å². The highest BCUT2D eigenvalue weighted by Gasteiger charge is 2.24. The molecule has 1 saturated carbocycles. The second-order valence-corrected chi connectivity index (χ2v) is 6.68. The van der Waals surface area contributed by atoms with Crippen molar-refractivity contribution in [2.45, 2.75) is 52.0 Å². The quantitative estimate of drug-likeness (QED) is 0.876. The van der Waals surface area contributed by atoms with Crippen LogP contribution in [0.5, 0.6) is 0 Å². The Morgan fingerprint density at radius 1 is 1.45 bits per heavy atom. The highest BCUT2D eigenvalue weighted by atomic mass is 79.9. The fourth-order valence-electron chi connectivity index (χ4n) is 2.85. The van der Waals surface area contributed by atoms with E-state index in [0.717, 1.165) is 35.1 Å². The standard InChI is InChI=1S/C15H25BrN4/c1-4-8-17-15-18-10-13(16)14(19-15)20(3)12-7-5-6-11(2)9-12/h10-12H,4-9H2,1-3H3,(H,17,18,19). The van der Waals surface area contributed by atoms with E-state index >= 15 is 0 Å². The Kier molecular flexibility index (Phi) is 5.64. The van der Waals surface area contributed by atoms with E-state index in [2.05, 4.69) is 57.0 Å². The van der Waals surface area contributed by atoms with E-state index in [9.17, 15) is 0 Å². The number of hydrogen-bond acceptors (Lipinski definition) is 4. The molecule has 0 bridgehead atoms. The maximum atomic E-state index is 4.67. The van der Waals surface area contributed by atoms with Gasteiger partial charge in [-0.1, -0.05) is 26.7 Å². The number of halogens is 1. The van der Waals surface area contributed by atoms with Gasteiger partial charge in [-0.3, -0.25) is 0 Å². The lowest BCUT2D eigenvalue weighted by Crippen LogP contribution is -2.36. The molecule has 1 fully saturated rings. The van der Waals surface area contributed by atoms with Crippen LogP contribution in [0, 0.1) is 5.92 Å². The third kappa shape index (κ3) is 3.84. The first-order chi connectivity index (χ1) is 9.61. The molecule has 1 N–H and O–H groups in total. The Balaban J connectivity index is 2.13. The fourth-order valence-corrected chi connectivity index (χ4v) is 3.32. The molecule has 0 saturated heterocycles. The predicted molar refractivity (Wildman–Crippen MR) is 88.3 cm³/mol. The zero-order chi connectivity index (χ0) is 14.5. The Labute approximate surface area is 130 Å². The lowest BCUT2D eigenvalue weighted by Gasteiger charge is -2.35. The van der Waals surface area contributed by atoms with Crippen LogP contribution in [0.4, 0.5) is 11.8 Å². The van der Waals surface area contributed by atoms with Gasteiger partial charge < -0.3 is 10.2 Å². The van der Waals surface area contributed by atoms with Gasteiger partial charge in [0.1, 0.15) is 5.82 Å². The predicted octanol–water partition coefficient (Wildman–Crippen LogP) is 4.08. The van der Waals surface area contributed by atoms with Gasteiger partial charge >= 0.3 is 0 Å². The van der Waals surface area contributed by atoms with E-state index < -0.39 is 0 Å². The van der Waals surface area contributed by atoms with Crippen molar-refractivity contribution in [3.05, 3.63) is 10.7 Å². The highest BCUT2D eigenvalue weighted by Crippen LogP contribution is 2.32. The number of nitrogens with zero attached hydrogens (tertiary/aromatic N) is 3. The second-order valence-electron chi connectivity index (χ2n) is 5.83. The van der Waals surface area contributed by atoms with Crippen LogP contribution in [0.1, 0.15) is 46.0 Å². The van der Waals surface area contributed by atoms with Gasteiger partial charge in [0, 0.05) is 25.8 Å². The van der Waals surface area contributed by atoms with Gasteiger partial charge in [0.05, 0.1) is 4.47 Å². The lowest BCUT2D eigenvalue weighted by molar-refractivity contribution is 0.335. The van der Waals surface area contributed by atoms with E-state index in [0.29, 0.717) is 6.04 Å². The molecule has 1 aliphatic rings. The molecule has 112 valence electrons. The van der Waals surface area contributed by atoms with Gasteiger partial charge in [0.2, 0.25) is 5.95 Å². The van der Waals surface area contributed by atoms with Crippen molar-refractivity contribution in [1.29, 1.82) is 0 Å². The molecule has 1 aromatic rings. The van der Waals surface area contributed by atoms with Crippen molar-refractivity contribution >= 4 is 27.7 Å². The summed E-state index contributed by atoms with van der Waals surface area (Å²) >= 11 is 3.59. The molecule has 0 spiro atoms. The molecule has 20 heavy (non-hydrogen) atoms. The smallest absolute Gasteiger partial charge is 0.224 e. The average Bonchev–Trinajstić information content (AvgIpc) is 2.45. The lowest BCUT2D eigenvalue weighted by atomic mass is 9.86. The van der Waals surface area contributed by atoms with Gasteiger partial charge in [-0.25, -0.2) is 4.98 Å². The van der Waals surface area contributed by atoms with Crippen LogP contribution in [-0.2, 0) is 0 Å². The van der Waals surface area contributed by atoms with Crippen molar-refractivity contribution in [1.82, 2.24) is 9.97 Å². The minimum atomic E-state index is 0.587. The average molecular weight is 341 g/mol. The summed E-state index contributed by atoms with van der Waals surface area (Å²) in [6.45, 7) is 5.40. The number of hydrogen-bond donors (Lipinski definition) is 1. The molecule has 2 unspecified atom stereocenters.